The van der Waals surface area contributed by atoms with Crippen molar-refractivity contribution < 1.29 is 4.79 Å². The number of aldehydes is 1. The lowest BCUT2D eigenvalue weighted by Gasteiger charge is -2.05. The molecule has 0 spiro atoms. The summed E-state index contributed by atoms with van der Waals surface area (Å²) in [5, 5.41) is 0. The first-order valence-corrected chi connectivity index (χ1v) is 4.51. The monoisotopic (exact) mass is 227 g/mol. The molecule has 0 amide bonds. The molecule has 2 N–H and O–H groups in total. The number of nitrogens with two attached hydrogens (primary N) is 1. The largest absolute Gasteiger partial charge is 0.399 e. The molecular formula is C9H10BrNO. The van der Waals surface area contributed by atoms with E-state index in [1.54, 1.807) is 6.07 Å². The van der Waals surface area contributed by atoms with E-state index in [1.807, 2.05) is 13.0 Å². The lowest BCUT2D eigenvalue weighted by Crippen LogP contribution is -1.95. The van der Waals surface area contributed by atoms with E-state index in [9.17, 15) is 4.79 Å². The quantitative estimate of drug-likeness (QED) is 0.623. The predicted molar refractivity (Wildman–Crippen MR) is 53.3 cm³/mol. The Morgan fingerprint density at radius 1 is 1.58 bits per heavy atom. The first-order valence-electron chi connectivity index (χ1n) is 3.72. The Kier molecular flexibility index (Phi) is 2.87. The van der Waals surface area contributed by atoms with Crippen molar-refractivity contribution in [1.82, 2.24) is 0 Å². The number of anilines is 1. The van der Waals surface area contributed by atoms with Crippen LogP contribution in [0.3, 0.4) is 0 Å². The lowest BCUT2D eigenvalue weighted by molar-refractivity contribution is 0.112. The van der Waals surface area contributed by atoms with Crippen molar-refractivity contribution >= 4 is 27.9 Å². The molecule has 0 fully saturated rings. The minimum atomic E-state index is 0.612. The predicted octanol–water partition coefficient (Wildman–Crippen LogP) is 2.41. The number of carbonyl (C=O) groups excluding carboxylic acids is 1. The van der Waals surface area contributed by atoms with Crippen LogP contribution in [0.4, 0.5) is 5.69 Å². The van der Waals surface area contributed by atoms with Crippen molar-refractivity contribution in [2.75, 3.05) is 5.73 Å². The highest BCUT2D eigenvalue weighted by Crippen LogP contribution is 2.23. The van der Waals surface area contributed by atoms with Gasteiger partial charge in [-0.3, -0.25) is 4.79 Å². The minimum absolute atomic E-state index is 0.612. The summed E-state index contributed by atoms with van der Waals surface area (Å²) in [7, 11) is 0. The Morgan fingerprint density at radius 2 is 2.25 bits per heavy atom. The van der Waals surface area contributed by atoms with E-state index in [2.05, 4.69) is 15.9 Å². The fourth-order valence-electron chi connectivity index (χ4n) is 1.16. The minimum Gasteiger partial charge on any atom is -0.399 e. The van der Waals surface area contributed by atoms with E-state index >= 15 is 0 Å². The summed E-state index contributed by atoms with van der Waals surface area (Å²) < 4.78 is 0.909. The van der Waals surface area contributed by atoms with Crippen LogP contribution in [0.25, 0.3) is 0 Å². The molecule has 12 heavy (non-hydrogen) atoms. The molecule has 0 atom stereocenters. The van der Waals surface area contributed by atoms with E-state index in [4.69, 9.17) is 5.73 Å². The van der Waals surface area contributed by atoms with Gasteiger partial charge in [-0.25, -0.2) is 0 Å². The summed E-state index contributed by atoms with van der Waals surface area (Å²) in [5.74, 6) is 0. The first kappa shape index (κ1) is 9.26. The van der Waals surface area contributed by atoms with Crippen LogP contribution in [0.1, 0.15) is 22.8 Å². The second-order valence-corrected chi connectivity index (χ2v) is 3.40. The molecule has 0 bridgehead atoms. The molecule has 1 aromatic carbocycles. The van der Waals surface area contributed by atoms with Crippen molar-refractivity contribution in [3.63, 3.8) is 0 Å². The molecule has 3 heteroatoms. The molecule has 0 saturated heterocycles. The second kappa shape index (κ2) is 3.72. The average Bonchev–Trinajstić information content (AvgIpc) is 2.03. The Labute approximate surface area is 79.9 Å². The standard InChI is InChI=1S/C9H10BrNO/c1-2-8-6(5-12)3-7(11)4-9(8)10/h3-5H,2,11H2,1H3. The van der Waals surface area contributed by atoms with E-state index in [0.29, 0.717) is 11.3 Å². The van der Waals surface area contributed by atoms with Gasteiger partial charge in [-0.05, 0) is 24.1 Å². The van der Waals surface area contributed by atoms with Gasteiger partial charge in [-0.1, -0.05) is 22.9 Å². The van der Waals surface area contributed by atoms with Gasteiger partial charge >= 0.3 is 0 Å². The molecular weight excluding hydrogens is 218 g/mol. The molecule has 64 valence electrons. The van der Waals surface area contributed by atoms with Gasteiger partial charge in [0.15, 0.2) is 0 Å². The molecule has 0 aliphatic heterocycles. The van der Waals surface area contributed by atoms with Crippen molar-refractivity contribution in [1.29, 1.82) is 0 Å². The number of carbonyl (C=O) groups is 1. The van der Waals surface area contributed by atoms with E-state index < -0.39 is 0 Å². The molecule has 1 rings (SSSR count). The Morgan fingerprint density at radius 3 is 2.75 bits per heavy atom. The number of nitrogen functional groups attached to an aromatic ring is 1. The Hall–Kier alpha value is -0.830. The van der Waals surface area contributed by atoms with Gasteiger partial charge in [0.25, 0.3) is 0 Å². The number of hydrogen-bond acceptors (Lipinski definition) is 2. The number of halogens is 1. The molecule has 1 aromatic rings. The maximum absolute atomic E-state index is 10.6. The summed E-state index contributed by atoms with van der Waals surface area (Å²) in [6.45, 7) is 2.00. The van der Waals surface area contributed by atoms with Gasteiger partial charge in [0.05, 0.1) is 0 Å². The Bertz CT molecular complexity index is 310. The van der Waals surface area contributed by atoms with Crippen LogP contribution in [0.15, 0.2) is 16.6 Å². The van der Waals surface area contributed by atoms with E-state index in [0.717, 1.165) is 22.7 Å². The zero-order chi connectivity index (χ0) is 9.14. The second-order valence-electron chi connectivity index (χ2n) is 2.54. The third-order valence-corrected chi connectivity index (χ3v) is 2.44. The maximum atomic E-state index is 10.6. The molecule has 2 nitrogen and oxygen atoms in total. The molecule has 0 aliphatic carbocycles. The number of rotatable bonds is 2. The van der Waals surface area contributed by atoms with Crippen LogP contribution in [-0.2, 0) is 6.42 Å². The lowest BCUT2D eigenvalue weighted by atomic mass is 10.1. The van der Waals surface area contributed by atoms with Crippen molar-refractivity contribution in [2.24, 2.45) is 0 Å². The SMILES string of the molecule is CCc1c(Br)cc(N)cc1C=O. The average molecular weight is 228 g/mol. The van der Waals surface area contributed by atoms with Crippen molar-refractivity contribution in [2.45, 2.75) is 13.3 Å². The summed E-state index contributed by atoms with van der Waals surface area (Å²) >= 11 is 3.36. The molecule has 0 aliphatic rings. The summed E-state index contributed by atoms with van der Waals surface area (Å²) in [6.07, 6.45) is 1.66. The highest BCUT2D eigenvalue weighted by Gasteiger charge is 2.04. The molecule has 0 aromatic heterocycles. The van der Waals surface area contributed by atoms with Crippen LogP contribution in [0.5, 0.6) is 0 Å². The summed E-state index contributed by atoms with van der Waals surface area (Å²) in [6, 6.07) is 3.50. The first-order chi connectivity index (χ1) is 5.69. The number of hydrogen-bond donors (Lipinski definition) is 1. The third-order valence-electron chi connectivity index (χ3n) is 1.73. The van der Waals surface area contributed by atoms with Gasteiger partial charge in [-0.2, -0.15) is 0 Å². The molecule has 0 saturated carbocycles. The molecule has 0 radical (unpaired) electrons. The maximum Gasteiger partial charge on any atom is 0.150 e. The van der Waals surface area contributed by atoms with E-state index in [1.165, 1.54) is 0 Å². The highest BCUT2D eigenvalue weighted by molar-refractivity contribution is 9.10. The molecule has 0 unspecified atom stereocenters. The van der Waals surface area contributed by atoms with Crippen LogP contribution in [0.2, 0.25) is 0 Å². The third kappa shape index (κ3) is 1.67. The van der Waals surface area contributed by atoms with E-state index in [-0.39, 0.29) is 0 Å². The smallest absolute Gasteiger partial charge is 0.150 e. The van der Waals surface area contributed by atoms with Gasteiger partial charge in [0.2, 0.25) is 0 Å². The van der Waals surface area contributed by atoms with Gasteiger partial charge in [-0.15, -0.1) is 0 Å². The number of benzene rings is 1. The highest BCUT2D eigenvalue weighted by atomic mass is 79.9. The van der Waals surface area contributed by atoms with Gasteiger partial charge in [0, 0.05) is 15.7 Å². The normalized spacial score (nSPS) is 9.83. The summed E-state index contributed by atoms with van der Waals surface area (Å²) in [4.78, 5) is 10.6. The van der Waals surface area contributed by atoms with Crippen LogP contribution >= 0.6 is 15.9 Å². The molecule has 0 heterocycles. The van der Waals surface area contributed by atoms with Gasteiger partial charge < -0.3 is 5.73 Å². The summed E-state index contributed by atoms with van der Waals surface area (Å²) in [5.41, 5.74) is 7.87. The van der Waals surface area contributed by atoms with Crippen molar-refractivity contribution in [3.8, 4) is 0 Å². The fraction of sp³-hybridized carbons (Fsp3) is 0.222. The van der Waals surface area contributed by atoms with Crippen LogP contribution in [0, 0.1) is 0 Å². The van der Waals surface area contributed by atoms with Crippen LogP contribution < -0.4 is 5.73 Å². The van der Waals surface area contributed by atoms with Crippen molar-refractivity contribution in [3.05, 3.63) is 27.7 Å². The zero-order valence-electron chi connectivity index (χ0n) is 6.80. The Balaban J connectivity index is 3.33. The topological polar surface area (TPSA) is 43.1 Å². The fourth-order valence-corrected chi connectivity index (χ4v) is 1.93. The van der Waals surface area contributed by atoms with Gasteiger partial charge in [0.1, 0.15) is 6.29 Å². The zero-order valence-corrected chi connectivity index (χ0v) is 8.39. The van der Waals surface area contributed by atoms with Crippen LogP contribution in [-0.4, -0.2) is 6.29 Å².